The van der Waals surface area contributed by atoms with E-state index in [1.54, 1.807) is 63.1 Å². The molecular formula is C19H37BrSi. The van der Waals surface area contributed by atoms with Crippen LogP contribution in [0.4, 0.5) is 0 Å². The molecule has 0 radical (unpaired) electrons. The predicted molar refractivity (Wildman–Crippen MR) is 102 cm³/mol. The summed E-state index contributed by atoms with van der Waals surface area (Å²) in [6.07, 6.45) is 16.8. The maximum absolute atomic E-state index is 3.58. The first-order valence-corrected chi connectivity index (χ1v) is 13.5. The summed E-state index contributed by atoms with van der Waals surface area (Å²) in [5.41, 5.74) is 0. The van der Waals surface area contributed by atoms with Gasteiger partial charge in [-0.1, -0.05) is 85.9 Å². The van der Waals surface area contributed by atoms with E-state index in [0.29, 0.717) is 0 Å². The highest BCUT2D eigenvalue weighted by Crippen LogP contribution is 2.41. The van der Waals surface area contributed by atoms with Crippen molar-refractivity contribution in [3.63, 3.8) is 0 Å². The zero-order valence-corrected chi connectivity index (χ0v) is 17.0. The molecule has 0 amide bonds. The highest BCUT2D eigenvalue weighted by Gasteiger charge is 2.30. The molecule has 2 rings (SSSR count). The Hall–Kier alpha value is 0.697. The average Bonchev–Trinajstić information content (AvgIpc) is 2.54. The maximum Gasteiger partial charge on any atom is 0.0368 e. The molecule has 2 aliphatic rings. The van der Waals surface area contributed by atoms with Gasteiger partial charge in [-0.15, -0.1) is 0 Å². The van der Waals surface area contributed by atoms with E-state index >= 15 is 0 Å². The molecule has 0 aromatic carbocycles. The minimum Gasteiger partial charge on any atom is -0.0928 e. The third-order valence-electron chi connectivity index (χ3n) is 6.41. The molecule has 0 aromatic heterocycles. The van der Waals surface area contributed by atoms with Gasteiger partial charge in [0.2, 0.25) is 0 Å². The lowest BCUT2D eigenvalue weighted by molar-refractivity contribution is 0.186. The number of hydrogen-bond donors (Lipinski definition) is 0. The first-order valence-electron chi connectivity index (χ1n) is 9.89. The van der Waals surface area contributed by atoms with Crippen molar-refractivity contribution in [1.82, 2.24) is 0 Å². The summed E-state index contributed by atoms with van der Waals surface area (Å²) >= 11 is 3.58. The summed E-state index contributed by atoms with van der Waals surface area (Å²) in [5, 5.41) is 1.21. The van der Waals surface area contributed by atoms with Gasteiger partial charge in [0.1, 0.15) is 0 Å². The molecule has 2 heteroatoms. The second-order valence-electron chi connectivity index (χ2n) is 7.89. The van der Waals surface area contributed by atoms with Gasteiger partial charge in [0.25, 0.3) is 0 Å². The van der Waals surface area contributed by atoms with Gasteiger partial charge in [-0.3, -0.25) is 0 Å². The maximum atomic E-state index is 3.58. The molecule has 1 aliphatic heterocycles. The van der Waals surface area contributed by atoms with Gasteiger partial charge in [-0.25, -0.2) is 0 Å². The fraction of sp³-hybridized carbons (Fsp3) is 1.00. The molecule has 0 bridgehead atoms. The molecule has 0 unspecified atom stereocenters. The van der Waals surface area contributed by atoms with E-state index in [-0.39, 0.29) is 8.80 Å². The van der Waals surface area contributed by atoms with Crippen LogP contribution in [0.25, 0.3) is 0 Å². The van der Waals surface area contributed by atoms with Gasteiger partial charge >= 0.3 is 0 Å². The minimum atomic E-state index is -0.284. The van der Waals surface area contributed by atoms with Crippen molar-refractivity contribution in [3.05, 3.63) is 0 Å². The molecule has 21 heavy (non-hydrogen) atoms. The van der Waals surface area contributed by atoms with Crippen molar-refractivity contribution < 1.29 is 0 Å². The normalized spacial score (nSPS) is 34.0. The second-order valence-corrected chi connectivity index (χ2v) is 12.1. The van der Waals surface area contributed by atoms with E-state index in [0.717, 1.165) is 17.8 Å². The van der Waals surface area contributed by atoms with Crippen LogP contribution in [0.1, 0.15) is 77.6 Å². The average molecular weight is 373 g/mol. The van der Waals surface area contributed by atoms with Crippen LogP contribution in [0.15, 0.2) is 0 Å². The molecule has 0 aromatic rings. The van der Waals surface area contributed by atoms with Gasteiger partial charge in [0, 0.05) is 14.1 Å². The molecular weight excluding hydrogens is 336 g/mol. The van der Waals surface area contributed by atoms with E-state index in [9.17, 15) is 0 Å². The van der Waals surface area contributed by atoms with Crippen LogP contribution in [-0.2, 0) is 0 Å². The van der Waals surface area contributed by atoms with Crippen LogP contribution in [0.5, 0.6) is 0 Å². The molecule has 1 heterocycles. The summed E-state index contributed by atoms with van der Waals surface area (Å²) in [7, 11) is -0.284. The SMILES string of the molecule is CCCCC[SiH]1CCC(C2CCC(CCCBr)CC2)CC1. The van der Waals surface area contributed by atoms with Crippen LogP contribution in [0, 0.1) is 17.8 Å². The summed E-state index contributed by atoms with van der Waals surface area (Å²) in [4.78, 5) is 0. The zero-order chi connectivity index (χ0) is 14.9. The van der Waals surface area contributed by atoms with Gasteiger partial charge in [-0.2, -0.15) is 0 Å². The standard InChI is InChI=1S/C19H37BrSi/c1-2-3-4-14-21-15-11-19(12-16-21)18-9-7-17(8-10-18)6-5-13-20/h17-19,21H,2-16H2,1H3. The lowest BCUT2D eigenvalue weighted by Crippen LogP contribution is -2.28. The second kappa shape index (κ2) is 10.5. The summed E-state index contributed by atoms with van der Waals surface area (Å²) in [5.74, 6) is 3.33. The Bertz CT molecular complexity index is 252. The van der Waals surface area contributed by atoms with Crippen molar-refractivity contribution in [3.8, 4) is 0 Å². The number of alkyl halides is 1. The molecule has 2 fully saturated rings. The Morgan fingerprint density at radius 1 is 0.857 bits per heavy atom. The fourth-order valence-electron chi connectivity index (χ4n) is 4.95. The lowest BCUT2D eigenvalue weighted by Gasteiger charge is -2.37. The fourth-order valence-corrected chi connectivity index (χ4v) is 8.80. The van der Waals surface area contributed by atoms with Crippen LogP contribution in [-0.4, -0.2) is 14.1 Å². The van der Waals surface area contributed by atoms with Gasteiger partial charge in [-0.05, 0) is 43.4 Å². The van der Waals surface area contributed by atoms with Crippen LogP contribution < -0.4 is 0 Å². The Morgan fingerprint density at radius 2 is 1.52 bits per heavy atom. The van der Waals surface area contributed by atoms with Gasteiger partial charge in [0.15, 0.2) is 0 Å². The molecule has 0 N–H and O–H groups in total. The monoisotopic (exact) mass is 372 g/mol. The van der Waals surface area contributed by atoms with Crippen LogP contribution >= 0.6 is 15.9 Å². The van der Waals surface area contributed by atoms with E-state index < -0.39 is 0 Å². The molecule has 0 nitrogen and oxygen atoms in total. The van der Waals surface area contributed by atoms with Crippen molar-refractivity contribution in [2.24, 2.45) is 17.8 Å². The lowest BCUT2D eigenvalue weighted by atomic mass is 9.73. The molecule has 0 spiro atoms. The molecule has 1 aliphatic carbocycles. The summed E-state index contributed by atoms with van der Waals surface area (Å²) in [6.45, 7) is 2.34. The quantitative estimate of drug-likeness (QED) is 0.249. The predicted octanol–water partition coefficient (Wildman–Crippen LogP) is 6.80. The highest BCUT2D eigenvalue weighted by molar-refractivity contribution is 9.09. The Labute approximate surface area is 143 Å². The Morgan fingerprint density at radius 3 is 2.14 bits per heavy atom. The molecule has 1 saturated heterocycles. The van der Waals surface area contributed by atoms with E-state index in [4.69, 9.17) is 0 Å². The van der Waals surface area contributed by atoms with Crippen molar-refractivity contribution in [2.75, 3.05) is 5.33 Å². The first kappa shape index (κ1) is 18.0. The highest BCUT2D eigenvalue weighted by atomic mass is 79.9. The van der Waals surface area contributed by atoms with Crippen LogP contribution in [0.2, 0.25) is 18.1 Å². The molecule has 1 saturated carbocycles. The van der Waals surface area contributed by atoms with Crippen LogP contribution in [0.3, 0.4) is 0 Å². The summed E-state index contributed by atoms with van der Waals surface area (Å²) in [6, 6.07) is 5.05. The van der Waals surface area contributed by atoms with Crippen molar-refractivity contribution in [1.29, 1.82) is 0 Å². The van der Waals surface area contributed by atoms with E-state index in [1.807, 2.05) is 0 Å². The first-order chi connectivity index (χ1) is 10.3. The van der Waals surface area contributed by atoms with Crippen molar-refractivity contribution in [2.45, 2.75) is 95.7 Å². The van der Waals surface area contributed by atoms with E-state index in [1.165, 1.54) is 31.0 Å². The zero-order valence-electron chi connectivity index (χ0n) is 14.3. The third kappa shape index (κ3) is 6.37. The third-order valence-corrected chi connectivity index (χ3v) is 10.5. The van der Waals surface area contributed by atoms with Gasteiger partial charge < -0.3 is 0 Å². The molecule has 0 atom stereocenters. The molecule has 124 valence electrons. The smallest absolute Gasteiger partial charge is 0.0368 e. The number of unbranched alkanes of at least 4 members (excludes halogenated alkanes) is 2. The Kier molecular flexibility index (Phi) is 8.99. The van der Waals surface area contributed by atoms with E-state index in [2.05, 4.69) is 22.9 Å². The number of hydrogen-bond acceptors (Lipinski definition) is 0. The Balaban J connectivity index is 1.60. The largest absolute Gasteiger partial charge is 0.0928 e. The van der Waals surface area contributed by atoms with Crippen molar-refractivity contribution >= 4 is 24.7 Å². The van der Waals surface area contributed by atoms with Gasteiger partial charge in [0.05, 0.1) is 0 Å². The topological polar surface area (TPSA) is 0 Å². The number of halogens is 1. The number of rotatable bonds is 8. The minimum absolute atomic E-state index is 0.284. The summed E-state index contributed by atoms with van der Waals surface area (Å²) < 4.78 is 0.